The first-order valence-electron chi connectivity index (χ1n) is 6.25. The lowest BCUT2D eigenvalue weighted by atomic mass is 9.89. The molecule has 0 fully saturated rings. The Morgan fingerprint density at radius 2 is 1.83 bits per heavy atom. The van der Waals surface area contributed by atoms with Crippen LogP contribution in [0.5, 0.6) is 0 Å². The van der Waals surface area contributed by atoms with Crippen molar-refractivity contribution >= 4 is 21.8 Å². The summed E-state index contributed by atoms with van der Waals surface area (Å²) in [6.45, 7) is 6.10. The maximum absolute atomic E-state index is 13.6. The van der Waals surface area contributed by atoms with Crippen molar-refractivity contribution < 1.29 is 9.18 Å². The molecule has 0 aliphatic carbocycles. The summed E-state index contributed by atoms with van der Waals surface area (Å²) in [5.74, 6) is -0.841. The van der Waals surface area contributed by atoms with E-state index in [0.29, 0.717) is 4.47 Å². The van der Waals surface area contributed by atoms with Crippen LogP contribution in [0.3, 0.4) is 0 Å². The lowest BCUT2D eigenvalue weighted by molar-refractivity contribution is 0.0884. The number of amides is 1. The first-order chi connectivity index (χ1) is 8.48. The molecular weight excluding hydrogens is 297 g/mol. The second-order valence-corrected chi connectivity index (χ2v) is 5.33. The van der Waals surface area contributed by atoms with Gasteiger partial charge in [-0.05, 0) is 37.5 Å². The average Bonchev–Trinajstić information content (AvgIpc) is 2.38. The predicted molar refractivity (Wildman–Crippen MR) is 75.2 cm³/mol. The number of hydrogen-bond donors (Lipinski definition) is 1. The van der Waals surface area contributed by atoms with Gasteiger partial charge in [-0.1, -0.05) is 36.7 Å². The highest BCUT2D eigenvalue weighted by atomic mass is 79.9. The summed E-state index contributed by atoms with van der Waals surface area (Å²) in [6.07, 6.45) is 2.50. The van der Waals surface area contributed by atoms with Crippen LogP contribution in [0.4, 0.5) is 4.39 Å². The summed E-state index contributed by atoms with van der Waals surface area (Å²) in [4.78, 5) is 12.1. The zero-order chi connectivity index (χ0) is 13.8. The van der Waals surface area contributed by atoms with E-state index in [0.717, 1.165) is 19.3 Å². The number of rotatable bonds is 5. The maximum atomic E-state index is 13.6. The van der Waals surface area contributed by atoms with E-state index in [4.69, 9.17) is 0 Å². The molecule has 0 saturated heterocycles. The maximum Gasteiger partial charge on any atom is 0.254 e. The van der Waals surface area contributed by atoms with Crippen molar-refractivity contribution in [1.82, 2.24) is 5.32 Å². The average molecular weight is 316 g/mol. The van der Waals surface area contributed by atoms with E-state index < -0.39 is 5.82 Å². The second-order valence-electron chi connectivity index (χ2n) is 4.42. The molecule has 0 aromatic heterocycles. The SMILES string of the molecule is CCC(CC)(CC)NC(=O)c1cc(Br)ccc1F. The van der Waals surface area contributed by atoms with Gasteiger partial charge < -0.3 is 5.32 Å². The highest BCUT2D eigenvalue weighted by Gasteiger charge is 2.27. The van der Waals surface area contributed by atoms with Gasteiger partial charge in [0.05, 0.1) is 5.56 Å². The van der Waals surface area contributed by atoms with Crippen molar-refractivity contribution in [1.29, 1.82) is 0 Å². The zero-order valence-electron chi connectivity index (χ0n) is 11.0. The highest BCUT2D eigenvalue weighted by Crippen LogP contribution is 2.21. The molecule has 0 unspecified atom stereocenters. The Balaban J connectivity index is 2.97. The summed E-state index contributed by atoms with van der Waals surface area (Å²) in [5, 5.41) is 2.96. The summed E-state index contributed by atoms with van der Waals surface area (Å²) in [5.41, 5.74) is -0.157. The van der Waals surface area contributed by atoms with Crippen LogP contribution in [-0.4, -0.2) is 11.4 Å². The Morgan fingerprint density at radius 1 is 1.28 bits per heavy atom. The molecule has 0 heterocycles. The van der Waals surface area contributed by atoms with Gasteiger partial charge >= 0.3 is 0 Å². The summed E-state index contributed by atoms with van der Waals surface area (Å²) < 4.78 is 14.3. The molecule has 18 heavy (non-hydrogen) atoms. The minimum Gasteiger partial charge on any atom is -0.347 e. The first-order valence-corrected chi connectivity index (χ1v) is 7.05. The smallest absolute Gasteiger partial charge is 0.254 e. The van der Waals surface area contributed by atoms with Crippen LogP contribution in [0.1, 0.15) is 50.4 Å². The molecule has 0 saturated carbocycles. The van der Waals surface area contributed by atoms with Gasteiger partial charge in [0.1, 0.15) is 5.82 Å². The Hall–Kier alpha value is -0.900. The van der Waals surface area contributed by atoms with Crippen LogP contribution < -0.4 is 5.32 Å². The fourth-order valence-corrected chi connectivity index (χ4v) is 2.36. The summed E-state index contributed by atoms with van der Waals surface area (Å²) in [7, 11) is 0. The minimum atomic E-state index is -0.493. The van der Waals surface area contributed by atoms with Gasteiger partial charge in [0.15, 0.2) is 0 Å². The lowest BCUT2D eigenvalue weighted by Crippen LogP contribution is -2.47. The molecule has 1 amide bonds. The molecule has 1 aromatic carbocycles. The van der Waals surface area contributed by atoms with Gasteiger partial charge in [0.25, 0.3) is 5.91 Å². The third-order valence-corrected chi connectivity index (χ3v) is 4.08. The molecule has 4 heteroatoms. The van der Waals surface area contributed by atoms with Crippen LogP contribution >= 0.6 is 15.9 Å². The monoisotopic (exact) mass is 315 g/mol. The molecule has 2 nitrogen and oxygen atoms in total. The molecule has 0 aliphatic rings. The van der Waals surface area contributed by atoms with Crippen molar-refractivity contribution in [3.63, 3.8) is 0 Å². The van der Waals surface area contributed by atoms with E-state index in [9.17, 15) is 9.18 Å². The molecule has 1 rings (SSSR count). The minimum absolute atomic E-state index is 0.0871. The third kappa shape index (κ3) is 3.31. The van der Waals surface area contributed by atoms with Crippen LogP contribution in [0.25, 0.3) is 0 Å². The molecule has 0 spiro atoms. The molecule has 0 radical (unpaired) electrons. The van der Waals surface area contributed by atoms with E-state index >= 15 is 0 Å². The predicted octanol–water partition coefficient (Wildman–Crippen LogP) is 4.29. The fourth-order valence-electron chi connectivity index (χ4n) is 1.99. The van der Waals surface area contributed by atoms with Gasteiger partial charge in [-0.3, -0.25) is 4.79 Å². The van der Waals surface area contributed by atoms with Gasteiger partial charge in [-0.15, -0.1) is 0 Å². The molecule has 0 atom stereocenters. The first kappa shape index (κ1) is 15.2. The van der Waals surface area contributed by atoms with Crippen molar-refractivity contribution in [3.8, 4) is 0 Å². The number of carbonyl (C=O) groups excluding carboxylic acids is 1. The van der Waals surface area contributed by atoms with E-state index in [1.165, 1.54) is 12.1 Å². The topological polar surface area (TPSA) is 29.1 Å². The van der Waals surface area contributed by atoms with Gasteiger partial charge in [-0.25, -0.2) is 4.39 Å². The second kappa shape index (κ2) is 6.32. The molecule has 0 bridgehead atoms. The Bertz CT molecular complexity index is 422. The van der Waals surface area contributed by atoms with Gasteiger partial charge in [0.2, 0.25) is 0 Å². The van der Waals surface area contributed by atoms with Crippen LogP contribution in [0, 0.1) is 5.82 Å². The Kier molecular flexibility index (Phi) is 5.32. The number of benzene rings is 1. The summed E-state index contributed by atoms with van der Waals surface area (Å²) in [6, 6.07) is 4.39. The quantitative estimate of drug-likeness (QED) is 0.863. The van der Waals surface area contributed by atoms with Crippen molar-refractivity contribution in [2.75, 3.05) is 0 Å². The number of carbonyl (C=O) groups is 1. The van der Waals surface area contributed by atoms with Gasteiger partial charge in [0, 0.05) is 10.0 Å². The van der Waals surface area contributed by atoms with Crippen molar-refractivity contribution in [2.24, 2.45) is 0 Å². The van der Waals surface area contributed by atoms with E-state index in [1.807, 2.05) is 20.8 Å². The van der Waals surface area contributed by atoms with Crippen molar-refractivity contribution in [3.05, 3.63) is 34.1 Å². The Morgan fingerprint density at radius 3 is 2.33 bits per heavy atom. The molecule has 0 aliphatic heterocycles. The fraction of sp³-hybridized carbons (Fsp3) is 0.500. The van der Waals surface area contributed by atoms with Crippen LogP contribution in [0.2, 0.25) is 0 Å². The van der Waals surface area contributed by atoms with E-state index in [-0.39, 0.29) is 17.0 Å². The zero-order valence-corrected chi connectivity index (χ0v) is 12.6. The molecular formula is C14H19BrFNO. The molecule has 1 aromatic rings. The third-order valence-electron chi connectivity index (χ3n) is 3.58. The lowest BCUT2D eigenvalue weighted by Gasteiger charge is -2.31. The molecule has 1 N–H and O–H groups in total. The van der Waals surface area contributed by atoms with Crippen molar-refractivity contribution in [2.45, 2.75) is 45.6 Å². The standard InChI is InChI=1S/C14H19BrFNO/c1-4-14(5-2,6-3)17-13(18)11-9-10(15)7-8-12(11)16/h7-9H,4-6H2,1-3H3,(H,17,18). The molecule has 100 valence electrons. The largest absolute Gasteiger partial charge is 0.347 e. The van der Waals surface area contributed by atoms with Crippen LogP contribution in [-0.2, 0) is 0 Å². The number of nitrogens with one attached hydrogen (secondary N) is 1. The highest BCUT2D eigenvalue weighted by molar-refractivity contribution is 9.10. The summed E-state index contributed by atoms with van der Waals surface area (Å²) >= 11 is 3.25. The number of hydrogen-bond acceptors (Lipinski definition) is 1. The number of halogens is 2. The van der Waals surface area contributed by atoms with Gasteiger partial charge in [-0.2, -0.15) is 0 Å². The normalized spacial score (nSPS) is 11.4. The van der Waals surface area contributed by atoms with E-state index in [1.54, 1.807) is 6.07 Å². The van der Waals surface area contributed by atoms with Crippen LogP contribution in [0.15, 0.2) is 22.7 Å². The van der Waals surface area contributed by atoms with E-state index in [2.05, 4.69) is 21.2 Å². The Labute approximate surface area is 116 Å².